The Bertz CT molecular complexity index is 310. The summed E-state index contributed by atoms with van der Waals surface area (Å²) in [6.45, 7) is 9.85. The molecule has 3 heteroatoms. The second kappa shape index (κ2) is 6.25. The SMILES string of the molecule is CC(C)CC1NC(CC(C)C)N(CC2CCC2)C1=O. The van der Waals surface area contributed by atoms with E-state index in [2.05, 4.69) is 37.9 Å². The molecule has 0 aromatic carbocycles. The number of nitrogens with zero attached hydrogens (tertiary/aromatic N) is 1. The van der Waals surface area contributed by atoms with E-state index in [9.17, 15) is 4.79 Å². The number of hydrogen-bond donors (Lipinski definition) is 1. The fraction of sp³-hybridized carbons (Fsp3) is 0.938. The minimum atomic E-state index is 0.0591. The highest BCUT2D eigenvalue weighted by Gasteiger charge is 2.40. The fourth-order valence-corrected chi connectivity index (χ4v) is 3.20. The maximum atomic E-state index is 12.6. The van der Waals surface area contributed by atoms with Gasteiger partial charge in [0.15, 0.2) is 0 Å². The molecule has 2 unspecified atom stereocenters. The maximum absolute atomic E-state index is 12.6. The molecule has 1 saturated heterocycles. The van der Waals surface area contributed by atoms with Crippen LogP contribution >= 0.6 is 0 Å². The van der Waals surface area contributed by atoms with Crippen LogP contribution in [0.4, 0.5) is 0 Å². The molecule has 2 atom stereocenters. The van der Waals surface area contributed by atoms with Gasteiger partial charge in [0.1, 0.15) is 0 Å². The van der Waals surface area contributed by atoms with E-state index in [0.29, 0.717) is 17.7 Å². The molecule has 0 spiro atoms. The van der Waals surface area contributed by atoms with Crippen molar-refractivity contribution in [2.24, 2.45) is 17.8 Å². The zero-order valence-corrected chi connectivity index (χ0v) is 13.0. The Morgan fingerprint density at radius 3 is 2.26 bits per heavy atom. The van der Waals surface area contributed by atoms with Gasteiger partial charge in [0.05, 0.1) is 12.2 Å². The zero-order valence-electron chi connectivity index (χ0n) is 13.0. The van der Waals surface area contributed by atoms with Crippen molar-refractivity contribution in [1.29, 1.82) is 0 Å². The van der Waals surface area contributed by atoms with Gasteiger partial charge in [0, 0.05) is 6.54 Å². The van der Waals surface area contributed by atoms with E-state index < -0.39 is 0 Å². The largest absolute Gasteiger partial charge is 0.326 e. The highest BCUT2D eigenvalue weighted by Crippen LogP contribution is 2.30. The summed E-state index contributed by atoms with van der Waals surface area (Å²) < 4.78 is 0. The second-order valence-corrected chi connectivity index (χ2v) is 7.28. The summed E-state index contributed by atoms with van der Waals surface area (Å²) in [5.41, 5.74) is 0. The molecule has 1 saturated carbocycles. The number of hydrogen-bond acceptors (Lipinski definition) is 2. The van der Waals surface area contributed by atoms with Gasteiger partial charge in [-0.3, -0.25) is 10.1 Å². The number of rotatable bonds is 6. The van der Waals surface area contributed by atoms with E-state index in [1.807, 2.05) is 0 Å². The van der Waals surface area contributed by atoms with Crippen molar-refractivity contribution >= 4 is 5.91 Å². The third-order valence-electron chi connectivity index (χ3n) is 4.43. The van der Waals surface area contributed by atoms with E-state index in [1.165, 1.54) is 19.3 Å². The van der Waals surface area contributed by atoms with E-state index >= 15 is 0 Å². The molecular weight excluding hydrogens is 236 g/mol. The van der Waals surface area contributed by atoms with Gasteiger partial charge in [-0.1, -0.05) is 34.1 Å². The summed E-state index contributed by atoms with van der Waals surface area (Å²) in [6.07, 6.45) is 6.29. The molecule has 2 aliphatic rings. The third-order valence-corrected chi connectivity index (χ3v) is 4.43. The molecule has 2 rings (SSSR count). The number of carbonyl (C=O) groups is 1. The van der Waals surface area contributed by atoms with Crippen molar-refractivity contribution in [1.82, 2.24) is 10.2 Å². The molecule has 2 fully saturated rings. The van der Waals surface area contributed by atoms with E-state index in [-0.39, 0.29) is 12.2 Å². The van der Waals surface area contributed by atoms with Crippen LogP contribution in [0.3, 0.4) is 0 Å². The molecule has 19 heavy (non-hydrogen) atoms. The zero-order chi connectivity index (χ0) is 14.0. The topological polar surface area (TPSA) is 32.3 Å². The average molecular weight is 266 g/mol. The van der Waals surface area contributed by atoms with Gasteiger partial charge in [-0.15, -0.1) is 0 Å². The normalized spacial score (nSPS) is 28.5. The van der Waals surface area contributed by atoms with Crippen molar-refractivity contribution < 1.29 is 4.79 Å². The minimum absolute atomic E-state index is 0.0591. The molecule has 0 aromatic heterocycles. The van der Waals surface area contributed by atoms with Gasteiger partial charge in [-0.05, 0) is 43.4 Å². The van der Waals surface area contributed by atoms with Crippen LogP contribution < -0.4 is 5.32 Å². The first-order chi connectivity index (χ1) is 8.97. The van der Waals surface area contributed by atoms with Crippen molar-refractivity contribution in [2.75, 3.05) is 6.54 Å². The molecule has 0 bridgehead atoms. The van der Waals surface area contributed by atoms with Crippen LogP contribution in [-0.4, -0.2) is 29.6 Å². The van der Waals surface area contributed by atoms with Crippen molar-refractivity contribution in [3.63, 3.8) is 0 Å². The van der Waals surface area contributed by atoms with Gasteiger partial charge < -0.3 is 4.90 Å². The molecule has 0 aromatic rings. The highest BCUT2D eigenvalue weighted by molar-refractivity contribution is 5.84. The molecule has 1 aliphatic heterocycles. The van der Waals surface area contributed by atoms with Crippen LogP contribution in [0.2, 0.25) is 0 Å². The number of carbonyl (C=O) groups excluding carboxylic acids is 1. The predicted molar refractivity (Wildman–Crippen MR) is 78.7 cm³/mol. The molecule has 0 radical (unpaired) electrons. The summed E-state index contributed by atoms with van der Waals surface area (Å²) in [5, 5.41) is 3.58. The second-order valence-electron chi connectivity index (χ2n) is 7.28. The quantitative estimate of drug-likeness (QED) is 0.801. The number of nitrogens with one attached hydrogen (secondary N) is 1. The van der Waals surface area contributed by atoms with Gasteiger partial charge in [0.2, 0.25) is 5.91 Å². The van der Waals surface area contributed by atoms with Crippen LogP contribution in [0.15, 0.2) is 0 Å². The van der Waals surface area contributed by atoms with E-state index in [1.54, 1.807) is 0 Å². The van der Waals surface area contributed by atoms with E-state index in [0.717, 1.165) is 25.3 Å². The monoisotopic (exact) mass is 266 g/mol. The number of amides is 1. The summed E-state index contributed by atoms with van der Waals surface area (Å²) in [7, 11) is 0. The van der Waals surface area contributed by atoms with Crippen LogP contribution in [0.1, 0.15) is 59.8 Å². The summed E-state index contributed by atoms with van der Waals surface area (Å²) >= 11 is 0. The predicted octanol–water partition coefficient (Wildman–Crippen LogP) is 3.01. The molecule has 1 aliphatic carbocycles. The van der Waals surface area contributed by atoms with Crippen molar-refractivity contribution in [3.8, 4) is 0 Å². The van der Waals surface area contributed by atoms with E-state index in [4.69, 9.17) is 0 Å². The molecule has 1 amide bonds. The Morgan fingerprint density at radius 1 is 1.16 bits per heavy atom. The van der Waals surface area contributed by atoms with Gasteiger partial charge in [0.25, 0.3) is 0 Å². The third kappa shape index (κ3) is 3.71. The van der Waals surface area contributed by atoms with Crippen LogP contribution in [-0.2, 0) is 4.79 Å². The lowest BCUT2D eigenvalue weighted by Crippen LogP contribution is -2.42. The van der Waals surface area contributed by atoms with Crippen LogP contribution in [0.5, 0.6) is 0 Å². The van der Waals surface area contributed by atoms with Gasteiger partial charge in [-0.25, -0.2) is 0 Å². The Kier molecular flexibility index (Phi) is 4.88. The molecule has 3 nitrogen and oxygen atoms in total. The molecule has 110 valence electrons. The van der Waals surface area contributed by atoms with Crippen LogP contribution in [0.25, 0.3) is 0 Å². The molecule has 1 N–H and O–H groups in total. The summed E-state index contributed by atoms with van der Waals surface area (Å²) in [4.78, 5) is 14.7. The Labute approximate surface area is 118 Å². The Morgan fingerprint density at radius 2 is 1.79 bits per heavy atom. The summed E-state index contributed by atoms with van der Waals surface area (Å²) in [5.74, 6) is 2.32. The van der Waals surface area contributed by atoms with Crippen molar-refractivity contribution in [3.05, 3.63) is 0 Å². The minimum Gasteiger partial charge on any atom is -0.326 e. The lowest BCUT2D eigenvalue weighted by molar-refractivity contribution is -0.131. The highest BCUT2D eigenvalue weighted by atomic mass is 16.2. The molecule has 1 heterocycles. The van der Waals surface area contributed by atoms with Crippen LogP contribution in [0, 0.1) is 17.8 Å². The van der Waals surface area contributed by atoms with Gasteiger partial charge >= 0.3 is 0 Å². The average Bonchev–Trinajstić information content (AvgIpc) is 2.49. The Balaban J connectivity index is 1.99. The first-order valence-corrected chi connectivity index (χ1v) is 8.04. The first-order valence-electron chi connectivity index (χ1n) is 8.04. The fourth-order valence-electron chi connectivity index (χ4n) is 3.20. The maximum Gasteiger partial charge on any atom is 0.241 e. The lowest BCUT2D eigenvalue weighted by atomic mass is 9.85. The lowest BCUT2D eigenvalue weighted by Gasteiger charge is -2.33. The standard InChI is InChI=1S/C16H30N2O/c1-11(2)8-14-16(19)18(10-13-6-5-7-13)15(17-14)9-12(3)4/h11-15,17H,5-10H2,1-4H3. The Hall–Kier alpha value is -0.570. The first kappa shape index (κ1) is 14.8. The molecular formula is C16H30N2O. The van der Waals surface area contributed by atoms with Crippen molar-refractivity contribution in [2.45, 2.75) is 72.0 Å². The van der Waals surface area contributed by atoms with Gasteiger partial charge in [-0.2, -0.15) is 0 Å². The smallest absolute Gasteiger partial charge is 0.241 e. The summed E-state index contributed by atoms with van der Waals surface area (Å²) in [6, 6.07) is 0.0591.